The van der Waals surface area contributed by atoms with Crippen LogP contribution in [0.5, 0.6) is 23.0 Å². The van der Waals surface area contributed by atoms with E-state index in [0.717, 1.165) is 5.56 Å². The largest absolute Gasteiger partial charge is 0.493 e. The van der Waals surface area contributed by atoms with Gasteiger partial charge in [0.15, 0.2) is 11.5 Å². The number of benzene rings is 3. The first kappa shape index (κ1) is 37.4. The van der Waals surface area contributed by atoms with Gasteiger partial charge >= 0.3 is 6.09 Å². The molecule has 0 N–H and O–H groups in total. The third kappa shape index (κ3) is 11.3. The zero-order chi connectivity index (χ0) is 35.4. The van der Waals surface area contributed by atoms with Crippen LogP contribution in [0, 0.1) is 5.92 Å². The van der Waals surface area contributed by atoms with E-state index in [4.69, 9.17) is 28.4 Å². The second kappa shape index (κ2) is 17.8. The van der Waals surface area contributed by atoms with Crippen LogP contribution in [-0.2, 0) is 16.1 Å². The fourth-order valence-corrected chi connectivity index (χ4v) is 5.86. The number of carbonyl (C=O) groups excluding carboxylic acids is 2. The maximum atomic E-state index is 14.2. The van der Waals surface area contributed by atoms with Crippen molar-refractivity contribution in [2.45, 2.75) is 71.8 Å². The molecule has 49 heavy (non-hydrogen) atoms. The zero-order valence-electron chi connectivity index (χ0n) is 30.0. The lowest BCUT2D eigenvalue weighted by atomic mass is 9.92. The minimum atomic E-state index is -0.660. The van der Waals surface area contributed by atoms with Gasteiger partial charge in [0.05, 0.1) is 26.4 Å². The summed E-state index contributed by atoms with van der Waals surface area (Å²) in [7, 11) is 3.22. The van der Waals surface area contributed by atoms with Crippen LogP contribution in [0.15, 0.2) is 72.8 Å². The van der Waals surface area contributed by atoms with Gasteiger partial charge in [-0.05, 0) is 76.9 Å². The molecule has 0 radical (unpaired) electrons. The number of likely N-dealkylation sites (tertiary alicyclic amines) is 1. The Morgan fingerprint density at radius 2 is 1.59 bits per heavy atom. The second-order valence-electron chi connectivity index (χ2n) is 13.6. The van der Waals surface area contributed by atoms with Gasteiger partial charge in [0.2, 0.25) is 0 Å². The highest BCUT2D eigenvalue weighted by Gasteiger charge is 2.38. The number of methoxy groups -OCH3 is 2. The quantitative estimate of drug-likeness (QED) is 0.156. The van der Waals surface area contributed by atoms with Crippen molar-refractivity contribution in [2.75, 3.05) is 47.1 Å². The molecular weight excluding hydrogens is 624 g/mol. The highest BCUT2D eigenvalue weighted by atomic mass is 16.6. The Hall–Kier alpha value is -4.44. The second-order valence-corrected chi connectivity index (χ2v) is 13.6. The van der Waals surface area contributed by atoms with Gasteiger partial charge in [0.25, 0.3) is 5.91 Å². The first-order valence-corrected chi connectivity index (χ1v) is 17.0. The van der Waals surface area contributed by atoms with Crippen LogP contribution < -0.4 is 18.9 Å². The molecule has 1 heterocycles. The van der Waals surface area contributed by atoms with Crippen molar-refractivity contribution >= 4 is 12.0 Å². The molecule has 1 aliphatic heterocycles. The van der Waals surface area contributed by atoms with E-state index in [-0.39, 0.29) is 23.9 Å². The first-order valence-electron chi connectivity index (χ1n) is 17.0. The van der Waals surface area contributed by atoms with Crippen LogP contribution in [-0.4, -0.2) is 86.6 Å². The maximum absolute atomic E-state index is 14.2. The van der Waals surface area contributed by atoms with Gasteiger partial charge < -0.3 is 38.2 Å². The molecule has 2 amide bonds. The number of ether oxygens (including phenoxy) is 6. The lowest BCUT2D eigenvalue weighted by Gasteiger charge is -2.44. The SMILES string of the molecule is COCCCOc1cc(C(=O)N(C(C)C)C2C[C@H](COc3cccc(OCc4ccccc4)c3)CN(C(=O)OC(C)(C)C)C2)ccc1OC. The normalized spacial score (nSPS) is 16.2. The number of piperidine rings is 1. The van der Waals surface area contributed by atoms with Crippen LogP contribution in [0.3, 0.4) is 0 Å². The van der Waals surface area contributed by atoms with Crippen LogP contribution in [0.2, 0.25) is 0 Å². The summed E-state index contributed by atoms with van der Waals surface area (Å²) in [6.07, 6.45) is 0.933. The summed E-state index contributed by atoms with van der Waals surface area (Å²) in [6.45, 7) is 12.1. The summed E-state index contributed by atoms with van der Waals surface area (Å²) in [5, 5.41) is 0. The summed E-state index contributed by atoms with van der Waals surface area (Å²) in [5.41, 5.74) is 0.895. The number of nitrogens with zero attached hydrogens (tertiary/aromatic N) is 2. The fourth-order valence-electron chi connectivity index (χ4n) is 5.86. The Morgan fingerprint density at radius 3 is 2.27 bits per heavy atom. The van der Waals surface area contributed by atoms with Crippen molar-refractivity contribution in [2.24, 2.45) is 5.92 Å². The molecule has 10 nitrogen and oxygen atoms in total. The standard InChI is InChI=1S/C39H52N2O8/c1-28(2)41(37(42)31-17-18-35(45-7)36(22-31)46-20-12-19-44-6)32-21-30(24-40(25-32)38(43)49-39(3,4)5)27-48-34-16-11-15-33(23-34)47-26-29-13-9-8-10-14-29/h8-11,13-18,22-23,28,30,32H,12,19-21,24-27H2,1-7H3/t30-,32?/m0/s1. The Kier molecular flexibility index (Phi) is 13.6. The number of hydrogen-bond donors (Lipinski definition) is 0. The van der Waals surface area contributed by atoms with Crippen molar-refractivity contribution < 1.29 is 38.0 Å². The first-order chi connectivity index (χ1) is 23.5. The Bertz CT molecular complexity index is 1490. The predicted molar refractivity (Wildman–Crippen MR) is 189 cm³/mol. The van der Waals surface area contributed by atoms with E-state index in [2.05, 4.69) is 0 Å². The molecule has 1 aliphatic rings. The van der Waals surface area contributed by atoms with Gasteiger partial charge in [-0.15, -0.1) is 0 Å². The molecule has 4 rings (SSSR count). The van der Waals surface area contributed by atoms with E-state index in [1.54, 1.807) is 37.3 Å². The number of rotatable bonds is 15. The topological polar surface area (TPSA) is 96.0 Å². The molecular formula is C39H52N2O8. The van der Waals surface area contributed by atoms with Gasteiger partial charge in [0.1, 0.15) is 23.7 Å². The summed E-state index contributed by atoms with van der Waals surface area (Å²) in [5.74, 6) is 2.20. The molecule has 10 heteroatoms. The van der Waals surface area contributed by atoms with Crippen LogP contribution in [0.4, 0.5) is 4.79 Å². The number of hydrogen-bond acceptors (Lipinski definition) is 8. The van der Waals surface area contributed by atoms with E-state index >= 15 is 0 Å². The maximum Gasteiger partial charge on any atom is 0.410 e. The van der Waals surface area contributed by atoms with Crippen LogP contribution in [0.25, 0.3) is 0 Å². The van der Waals surface area contributed by atoms with Crippen molar-refractivity contribution in [1.82, 2.24) is 9.80 Å². The van der Waals surface area contributed by atoms with Gasteiger partial charge in [0, 0.05) is 56.8 Å². The molecule has 0 spiro atoms. The van der Waals surface area contributed by atoms with Gasteiger partial charge in [-0.2, -0.15) is 0 Å². The smallest absolute Gasteiger partial charge is 0.410 e. The predicted octanol–water partition coefficient (Wildman–Crippen LogP) is 7.24. The molecule has 1 unspecified atom stereocenters. The Morgan fingerprint density at radius 1 is 0.857 bits per heavy atom. The lowest BCUT2D eigenvalue weighted by molar-refractivity contribution is -0.00553. The molecule has 3 aromatic rings. The summed E-state index contributed by atoms with van der Waals surface area (Å²) in [4.78, 5) is 31.2. The average Bonchev–Trinajstić information content (AvgIpc) is 3.08. The molecule has 0 saturated carbocycles. The highest BCUT2D eigenvalue weighted by molar-refractivity contribution is 5.95. The monoisotopic (exact) mass is 676 g/mol. The van der Waals surface area contributed by atoms with Crippen molar-refractivity contribution in [3.05, 3.63) is 83.9 Å². The average molecular weight is 677 g/mol. The Balaban J connectivity index is 1.52. The highest BCUT2D eigenvalue weighted by Crippen LogP contribution is 2.32. The molecule has 0 aromatic heterocycles. The van der Waals surface area contributed by atoms with Crippen LogP contribution in [0.1, 0.15) is 63.4 Å². The summed E-state index contributed by atoms with van der Waals surface area (Å²) in [6, 6.07) is 22.4. The molecule has 3 aromatic carbocycles. The number of carbonyl (C=O) groups is 2. The van der Waals surface area contributed by atoms with Gasteiger partial charge in [-0.25, -0.2) is 4.79 Å². The van der Waals surface area contributed by atoms with E-state index < -0.39 is 11.7 Å². The molecule has 2 atom stereocenters. The number of amides is 2. The minimum absolute atomic E-state index is 0.0650. The molecule has 0 aliphatic carbocycles. The van der Waals surface area contributed by atoms with E-state index in [1.807, 2.05) is 94.1 Å². The lowest BCUT2D eigenvalue weighted by Crippen LogP contribution is -2.57. The van der Waals surface area contributed by atoms with E-state index in [0.29, 0.717) is 80.9 Å². The van der Waals surface area contributed by atoms with Crippen LogP contribution >= 0.6 is 0 Å². The third-order valence-corrected chi connectivity index (χ3v) is 8.05. The van der Waals surface area contributed by atoms with E-state index in [1.165, 1.54) is 0 Å². The third-order valence-electron chi connectivity index (χ3n) is 8.05. The van der Waals surface area contributed by atoms with Gasteiger partial charge in [-0.1, -0.05) is 36.4 Å². The summed E-state index contributed by atoms with van der Waals surface area (Å²) >= 11 is 0. The van der Waals surface area contributed by atoms with Crippen molar-refractivity contribution in [3.8, 4) is 23.0 Å². The minimum Gasteiger partial charge on any atom is -0.493 e. The molecule has 1 saturated heterocycles. The molecule has 266 valence electrons. The van der Waals surface area contributed by atoms with Crippen molar-refractivity contribution in [3.63, 3.8) is 0 Å². The van der Waals surface area contributed by atoms with Gasteiger partial charge in [-0.3, -0.25) is 4.79 Å². The fraction of sp³-hybridized carbons (Fsp3) is 0.487. The zero-order valence-corrected chi connectivity index (χ0v) is 30.0. The van der Waals surface area contributed by atoms with Crippen molar-refractivity contribution in [1.29, 1.82) is 0 Å². The molecule has 1 fully saturated rings. The Labute approximate surface area is 291 Å². The van der Waals surface area contributed by atoms with E-state index in [9.17, 15) is 9.59 Å². The summed E-state index contributed by atoms with van der Waals surface area (Å²) < 4.78 is 34.7. The molecule has 0 bridgehead atoms.